The maximum absolute atomic E-state index is 5.84. The predicted molar refractivity (Wildman–Crippen MR) is 69.8 cm³/mol. The van der Waals surface area contributed by atoms with Crippen LogP contribution in [0.1, 0.15) is 0 Å². The van der Waals surface area contributed by atoms with Gasteiger partial charge in [-0.25, -0.2) is 9.97 Å². The molecule has 0 amide bonds. The second-order valence-electron chi connectivity index (χ2n) is 4.15. The summed E-state index contributed by atoms with van der Waals surface area (Å²) in [5, 5.41) is 3.85. The molecule has 0 spiro atoms. The summed E-state index contributed by atoms with van der Waals surface area (Å²) in [6, 6.07) is 7.44. The summed E-state index contributed by atoms with van der Waals surface area (Å²) < 4.78 is 5.65. The number of halogens is 1. The third-order valence-electron chi connectivity index (χ3n) is 2.78. The molecule has 1 aromatic heterocycles. The molecule has 18 heavy (non-hydrogen) atoms. The lowest BCUT2D eigenvalue weighted by Crippen LogP contribution is -2.50. The highest BCUT2D eigenvalue weighted by molar-refractivity contribution is 6.30. The Morgan fingerprint density at radius 3 is 2.33 bits per heavy atom. The molecule has 92 valence electrons. The summed E-state index contributed by atoms with van der Waals surface area (Å²) in [6.07, 6.45) is 3.65. The zero-order valence-corrected chi connectivity index (χ0v) is 10.4. The average molecular weight is 262 g/mol. The van der Waals surface area contributed by atoms with Crippen molar-refractivity contribution in [3.63, 3.8) is 0 Å². The van der Waals surface area contributed by atoms with E-state index in [0.717, 1.165) is 18.7 Å². The molecule has 3 rings (SSSR count). The number of hydrogen-bond acceptors (Lipinski definition) is 4. The standard InChI is InChI=1S/C13H12ClN3O/c14-10-3-1-9(2-4-10)13-16-7-12(8-17-13)18-11-5-15-6-11/h1-4,7-8,11,15H,5-6H2. The van der Waals surface area contributed by atoms with E-state index in [0.29, 0.717) is 16.6 Å². The largest absolute Gasteiger partial charge is 0.485 e. The van der Waals surface area contributed by atoms with Gasteiger partial charge in [-0.05, 0) is 24.3 Å². The summed E-state index contributed by atoms with van der Waals surface area (Å²) in [4.78, 5) is 8.58. The van der Waals surface area contributed by atoms with Crippen LogP contribution in [0, 0.1) is 0 Å². The molecule has 4 nitrogen and oxygen atoms in total. The fraction of sp³-hybridized carbons (Fsp3) is 0.231. The average Bonchev–Trinajstić information content (AvgIpc) is 2.36. The summed E-state index contributed by atoms with van der Waals surface area (Å²) >= 11 is 5.84. The summed E-state index contributed by atoms with van der Waals surface area (Å²) in [5.74, 6) is 1.38. The smallest absolute Gasteiger partial charge is 0.159 e. The van der Waals surface area contributed by atoms with Gasteiger partial charge in [0, 0.05) is 23.7 Å². The van der Waals surface area contributed by atoms with Crippen molar-refractivity contribution in [2.45, 2.75) is 6.10 Å². The molecule has 1 N–H and O–H groups in total. The SMILES string of the molecule is Clc1ccc(-c2ncc(OC3CNC3)cn2)cc1. The van der Waals surface area contributed by atoms with Gasteiger partial charge in [-0.2, -0.15) is 0 Å². The molecule has 1 aromatic carbocycles. The lowest BCUT2D eigenvalue weighted by molar-refractivity contribution is 0.141. The Morgan fingerprint density at radius 1 is 1.11 bits per heavy atom. The highest BCUT2D eigenvalue weighted by atomic mass is 35.5. The Kier molecular flexibility index (Phi) is 3.13. The number of aromatic nitrogens is 2. The second kappa shape index (κ2) is 4.92. The molecule has 1 fully saturated rings. The van der Waals surface area contributed by atoms with E-state index in [-0.39, 0.29) is 6.10 Å². The molecular weight excluding hydrogens is 250 g/mol. The van der Waals surface area contributed by atoms with Gasteiger partial charge in [0.25, 0.3) is 0 Å². The van der Waals surface area contributed by atoms with E-state index < -0.39 is 0 Å². The minimum absolute atomic E-state index is 0.245. The van der Waals surface area contributed by atoms with Crippen LogP contribution in [0.5, 0.6) is 5.75 Å². The molecule has 0 saturated carbocycles. The molecule has 0 bridgehead atoms. The summed E-state index contributed by atoms with van der Waals surface area (Å²) in [7, 11) is 0. The van der Waals surface area contributed by atoms with Crippen LogP contribution in [-0.2, 0) is 0 Å². The van der Waals surface area contributed by atoms with Gasteiger partial charge in [-0.15, -0.1) is 0 Å². The van der Waals surface area contributed by atoms with Crippen LogP contribution in [-0.4, -0.2) is 29.2 Å². The van der Waals surface area contributed by atoms with Crippen molar-refractivity contribution in [2.75, 3.05) is 13.1 Å². The molecule has 2 aromatic rings. The molecule has 0 atom stereocenters. The Bertz CT molecular complexity index is 523. The quantitative estimate of drug-likeness (QED) is 0.920. The zero-order valence-electron chi connectivity index (χ0n) is 9.64. The molecule has 1 aliphatic heterocycles. The number of nitrogens with zero attached hydrogens (tertiary/aromatic N) is 2. The van der Waals surface area contributed by atoms with Crippen LogP contribution >= 0.6 is 11.6 Å². The summed E-state index contributed by atoms with van der Waals surface area (Å²) in [6.45, 7) is 1.78. The van der Waals surface area contributed by atoms with Crippen LogP contribution in [0.15, 0.2) is 36.7 Å². The first-order chi connectivity index (χ1) is 8.81. The zero-order chi connectivity index (χ0) is 12.4. The number of benzene rings is 1. The van der Waals surface area contributed by atoms with Gasteiger partial charge < -0.3 is 10.1 Å². The number of rotatable bonds is 3. The molecule has 0 unspecified atom stereocenters. The van der Waals surface area contributed by atoms with E-state index >= 15 is 0 Å². The maximum atomic E-state index is 5.84. The van der Waals surface area contributed by atoms with Crippen LogP contribution in [0.2, 0.25) is 5.02 Å². The highest BCUT2D eigenvalue weighted by Crippen LogP contribution is 2.19. The fourth-order valence-corrected chi connectivity index (χ4v) is 1.79. The molecule has 1 aliphatic rings. The Labute approximate surface area is 110 Å². The third kappa shape index (κ3) is 2.44. The lowest BCUT2D eigenvalue weighted by atomic mass is 10.2. The minimum Gasteiger partial charge on any atom is -0.485 e. The minimum atomic E-state index is 0.245. The van der Waals surface area contributed by atoms with E-state index in [9.17, 15) is 0 Å². The van der Waals surface area contributed by atoms with Crippen molar-refractivity contribution in [1.82, 2.24) is 15.3 Å². The Balaban J connectivity index is 1.75. The van der Waals surface area contributed by atoms with Crippen molar-refractivity contribution < 1.29 is 4.74 Å². The Hall–Kier alpha value is -1.65. The van der Waals surface area contributed by atoms with Crippen molar-refractivity contribution in [1.29, 1.82) is 0 Å². The number of hydrogen-bond donors (Lipinski definition) is 1. The van der Waals surface area contributed by atoms with E-state index in [4.69, 9.17) is 16.3 Å². The predicted octanol–water partition coefficient (Wildman–Crippen LogP) is 2.15. The van der Waals surface area contributed by atoms with Crippen molar-refractivity contribution in [2.24, 2.45) is 0 Å². The topological polar surface area (TPSA) is 47.0 Å². The van der Waals surface area contributed by atoms with Crippen molar-refractivity contribution >= 4 is 11.6 Å². The molecule has 5 heteroatoms. The fourth-order valence-electron chi connectivity index (χ4n) is 1.66. The van der Waals surface area contributed by atoms with Gasteiger partial charge >= 0.3 is 0 Å². The van der Waals surface area contributed by atoms with Crippen LogP contribution in [0.4, 0.5) is 0 Å². The molecular formula is C13H12ClN3O. The van der Waals surface area contributed by atoms with E-state index in [2.05, 4.69) is 15.3 Å². The third-order valence-corrected chi connectivity index (χ3v) is 3.03. The van der Waals surface area contributed by atoms with Crippen LogP contribution in [0.3, 0.4) is 0 Å². The highest BCUT2D eigenvalue weighted by Gasteiger charge is 2.18. The van der Waals surface area contributed by atoms with E-state index in [1.165, 1.54) is 0 Å². The van der Waals surface area contributed by atoms with Crippen molar-refractivity contribution in [3.05, 3.63) is 41.7 Å². The molecule has 1 saturated heterocycles. The summed E-state index contributed by atoms with van der Waals surface area (Å²) in [5.41, 5.74) is 0.941. The van der Waals surface area contributed by atoms with Crippen LogP contribution < -0.4 is 10.1 Å². The Morgan fingerprint density at radius 2 is 1.78 bits per heavy atom. The van der Waals surface area contributed by atoms with Gasteiger partial charge in [-0.1, -0.05) is 11.6 Å². The first kappa shape index (κ1) is 11.4. The van der Waals surface area contributed by atoms with Gasteiger partial charge in [0.2, 0.25) is 0 Å². The molecule has 0 aliphatic carbocycles. The van der Waals surface area contributed by atoms with Gasteiger partial charge in [0.15, 0.2) is 11.6 Å². The van der Waals surface area contributed by atoms with E-state index in [1.54, 1.807) is 12.4 Å². The normalized spacial score (nSPS) is 15.2. The first-order valence-corrected chi connectivity index (χ1v) is 6.14. The lowest BCUT2D eigenvalue weighted by Gasteiger charge is -2.27. The molecule has 2 heterocycles. The van der Waals surface area contributed by atoms with Gasteiger partial charge in [-0.3, -0.25) is 0 Å². The second-order valence-corrected chi connectivity index (χ2v) is 4.58. The van der Waals surface area contributed by atoms with Gasteiger partial charge in [0.1, 0.15) is 6.10 Å². The van der Waals surface area contributed by atoms with Gasteiger partial charge in [0.05, 0.1) is 12.4 Å². The van der Waals surface area contributed by atoms with Crippen LogP contribution in [0.25, 0.3) is 11.4 Å². The number of ether oxygens (including phenoxy) is 1. The molecule has 0 radical (unpaired) electrons. The monoisotopic (exact) mass is 261 g/mol. The number of nitrogens with one attached hydrogen (secondary N) is 1. The first-order valence-electron chi connectivity index (χ1n) is 5.76. The van der Waals surface area contributed by atoms with Crippen molar-refractivity contribution in [3.8, 4) is 17.1 Å². The maximum Gasteiger partial charge on any atom is 0.159 e. The van der Waals surface area contributed by atoms with E-state index in [1.807, 2.05) is 24.3 Å².